The molecule has 0 saturated carbocycles. The van der Waals surface area contributed by atoms with Crippen molar-refractivity contribution < 1.29 is 9.22 Å². The van der Waals surface area contributed by atoms with Crippen molar-refractivity contribution in [3.05, 3.63) is 12.2 Å². The highest BCUT2D eigenvalue weighted by atomic mass is 28.4. The molecule has 0 aliphatic carbocycles. The van der Waals surface area contributed by atoms with Gasteiger partial charge >= 0.3 is 0 Å². The van der Waals surface area contributed by atoms with E-state index in [0.29, 0.717) is 6.42 Å². The highest BCUT2D eigenvalue weighted by Gasteiger charge is 2.35. The summed E-state index contributed by atoms with van der Waals surface area (Å²) in [6.07, 6.45) is 0.483. The lowest BCUT2D eigenvalue weighted by molar-refractivity contribution is -0.124. The van der Waals surface area contributed by atoms with Gasteiger partial charge in [-0.05, 0) is 25.1 Å². The molecule has 2 atom stereocenters. The highest BCUT2D eigenvalue weighted by molar-refractivity contribution is 6.73. The fraction of sp³-hybridized carbons (Fsp3) is 0.800. The van der Waals surface area contributed by atoms with E-state index < -0.39 is 8.32 Å². The number of carbonyl (C=O) groups excluding carboxylic acids is 1. The molecule has 0 fully saturated rings. The van der Waals surface area contributed by atoms with E-state index in [-0.39, 0.29) is 17.8 Å². The number of hydrogen-bond acceptors (Lipinski definition) is 2. The molecule has 0 amide bonds. The van der Waals surface area contributed by atoms with Gasteiger partial charge in [-0.25, -0.2) is 0 Å². The topological polar surface area (TPSA) is 26.3 Å². The summed E-state index contributed by atoms with van der Waals surface area (Å²) in [7, 11) is -1.68. The Morgan fingerprint density at radius 2 is 1.61 bits per heavy atom. The van der Waals surface area contributed by atoms with Crippen LogP contribution in [0.1, 0.15) is 48.0 Å². The van der Waals surface area contributed by atoms with E-state index in [2.05, 4.69) is 27.4 Å². The first kappa shape index (κ1) is 17.6. The minimum absolute atomic E-state index is 0.0657. The summed E-state index contributed by atoms with van der Waals surface area (Å²) in [5.74, 6) is 0.207. The van der Waals surface area contributed by atoms with Gasteiger partial charge in [0.2, 0.25) is 0 Å². The zero-order chi connectivity index (χ0) is 14.3. The predicted octanol–water partition coefficient (Wildman–Crippen LogP) is 4.57. The van der Waals surface area contributed by atoms with Gasteiger partial charge in [0.15, 0.2) is 8.32 Å². The molecule has 3 heteroatoms. The first-order valence-corrected chi connectivity index (χ1v) is 9.76. The van der Waals surface area contributed by atoms with Gasteiger partial charge in [-0.3, -0.25) is 4.79 Å². The van der Waals surface area contributed by atoms with Crippen molar-refractivity contribution in [3.63, 3.8) is 0 Å². The summed E-state index contributed by atoms with van der Waals surface area (Å²) in [6, 6.07) is 3.32. The van der Waals surface area contributed by atoms with Gasteiger partial charge in [0.25, 0.3) is 0 Å². The quantitative estimate of drug-likeness (QED) is 0.453. The molecule has 0 saturated heterocycles. The van der Waals surface area contributed by atoms with Gasteiger partial charge in [0.1, 0.15) is 5.78 Å². The van der Waals surface area contributed by atoms with E-state index in [0.717, 1.165) is 23.7 Å². The maximum absolute atomic E-state index is 11.9. The molecule has 18 heavy (non-hydrogen) atoms. The lowest BCUT2D eigenvalue weighted by Crippen LogP contribution is -2.43. The normalized spacial score (nSPS) is 15.2. The number of hydrogen-bond donors (Lipinski definition) is 0. The van der Waals surface area contributed by atoms with Gasteiger partial charge in [0, 0.05) is 12.3 Å². The Kier molecular flexibility index (Phi) is 7.72. The molecule has 0 bridgehead atoms. The number of carbonyl (C=O) groups is 1. The summed E-state index contributed by atoms with van der Waals surface area (Å²) in [6.45, 7) is 16.5. The smallest absolute Gasteiger partial charge is 0.192 e. The Balaban J connectivity index is 5.03. The summed E-state index contributed by atoms with van der Waals surface area (Å²) >= 11 is 0. The molecule has 0 aliphatic rings. The van der Waals surface area contributed by atoms with Crippen LogP contribution in [0.4, 0.5) is 0 Å². The molecule has 106 valence electrons. The molecule has 0 aromatic rings. The molecule has 0 radical (unpaired) electrons. The fourth-order valence-corrected chi connectivity index (χ4v) is 5.33. The zero-order valence-electron chi connectivity index (χ0n) is 13.0. The van der Waals surface area contributed by atoms with E-state index >= 15 is 0 Å². The van der Waals surface area contributed by atoms with Crippen LogP contribution in [0.3, 0.4) is 0 Å². The number of rotatable bonds is 9. The largest absolute Gasteiger partial charge is 0.410 e. The predicted molar refractivity (Wildman–Crippen MR) is 81.3 cm³/mol. The standard InChI is InChI=1S/C15H30O2Si/c1-8-14(16)13(7)15(12(5)6)17-18(9-2,10-3)11-4/h13,15H,5,8-11H2,1-4,6-7H3/t13-,15-/m0/s1. The van der Waals surface area contributed by atoms with E-state index in [4.69, 9.17) is 4.43 Å². The molecule has 2 nitrogen and oxygen atoms in total. The summed E-state index contributed by atoms with van der Waals surface area (Å²) < 4.78 is 6.45. The summed E-state index contributed by atoms with van der Waals surface area (Å²) in [5, 5.41) is 0. The van der Waals surface area contributed by atoms with Gasteiger partial charge in [-0.1, -0.05) is 46.8 Å². The second kappa shape index (κ2) is 7.90. The van der Waals surface area contributed by atoms with Crippen molar-refractivity contribution in [2.24, 2.45) is 5.92 Å². The third-order valence-corrected chi connectivity index (χ3v) is 8.73. The van der Waals surface area contributed by atoms with Gasteiger partial charge in [0.05, 0.1) is 6.10 Å². The van der Waals surface area contributed by atoms with Crippen LogP contribution in [-0.4, -0.2) is 20.2 Å². The van der Waals surface area contributed by atoms with Crippen molar-refractivity contribution in [2.45, 2.75) is 72.2 Å². The van der Waals surface area contributed by atoms with Gasteiger partial charge < -0.3 is 4.43 Å². The molecule has 0 spiro atoms. The first-order valence-electron chi connectivity index (χ1n) is 7.23. The lowest BCUT2D eigenvalue weighted by atomic mass is 9.94. The van der Waals surface area contributed by atoms with Crippen molar-refractivity contribution in [1.82, 2.24) is 0 Å². The molecule has 0 rings (SSSR count). The Hall–Kier alpha value is -0.413. The minimum atomic E-state index is -1.68. The van der Waals surface area contributed by atoms with Crippen molar-refractivity contribution in [1.29, 1.82) is 0 Å². The third kappa shape index (κ3) is 4.36. The first-order chi connectivity index (χ1) is 8.37. The third-order valence-electron chi connectivity index (χ3n) is 4.11. The van der Waals surface area contributed by atoms with Crippen LogP contribution < -0.4 is 0 Å². The van der Waals surface area contributed by atoms with Crippen LogP contribution in [0.25, 0.3) is 0 Å². The molecule has 0 heterocycles. The molecule has 0 N–H and O–H groups in total. The Labute approximate surface area is 114 Å². The zero-order valence-corrected chi connectivity index (χ0v) is 14.0. The van der Waals surface area contributed by atoms with Crippen molar-refractivity contribution >= 4 is 14.1 Å². The molecule has 0 aliphatic heterocycles. The maximum atomic E-state index is 11.9. The number of ketones is 1. The SMILES string of the molecule is C=C(C)[C@H](O[Si](CC)(CC)CC)[C@@H](C)C(=O)CC. The molecule has 0 unspecified atom stereocenters. The van der Waals surface area contributed by atoms with E-state index in [1.165, 1.54) is 0 Å². The van der Waals surface area contributed by atoms with Crippen LogP contribution in [-0.2, 0) is 9.22 Å². The van der Waals surface area contributed by atoms with E-state index in [9.17, 15) is 4.79 Å². The molecule has 0 aromatic carbocycles. The molecule has 0 aromatic heterocycles. The van der Waals surface area contributed by atoms with Crippen LogP contribution in [0, 0.1) is 5.92 Å². The molecular formula is C15H30O2Si. The Morgan fingerprint density at radius 1 is 1.17 bits per heavy atom. The average molecular weight is 270 g/mol. The summed E-state index contributed by atoms with van der Waals surface area (Å²) in [4.78, 5) is 11.9. The highest BCUT2D eigenvalue weighted by Crippen LogP contribution is 2.28. The van der Waals surface area contributed by atoms with Crippen LogP contribution in [0.15, 0.2) is 12.2 Å². The van der Waals surface area contributed by atoms with Crippen LogP contribution in [0.5, 0.6) is 0 Å². The lowest BCUT2D eigenvalue weighted by Gasteiger charge is -2.36. The van der Waals surface area contributed by atoms with Gasteiger partial charge in [-0.15, -0.1) is 0 Å². The van der Waals surface area contributed by atoms with Crippen molar-refractivity contribution in [2.75, 3.05) is 0 Å². The Morgan fingerprint density at radius 3 is 1.89 bits per heavy atom. The summed E-state index contributed by atoms with van der Waals surface area (Å²) in [5.41, 5.74) is 0.983. The monoisotopic (exact) mass is 270 g/mol. The average Bonchev–Trinajstić information content (AvgIpc) is 2.39. The second-order valence-corrected chi connectivity index (χ2v) is 9.96. The fourth-order valence-electron chi connectivity index (χ4n) is 2.39. The minimum Gasteiger partial charge on any atom is -0.410 e. The van der Waals surface area contributed by atoms with E-state index in [1.807, 2.05) is 20.8 Å². The second-order valence-electron chi connectivity index (χ2n) is 5.24. The Bertz CT molecular complexity index is 274. The van der Waals surface area contributed by atoms with Crippen LogP contribution >= 0.6 is 0 Å². The van der Waals surface area contributed by atoms with E-state index in [1.54, 1.807) is 0 Å². The van der Waals surface area contributed by atoms with Crippen molar-refractivity contribution in [3.8, 4) is 0 Å². The van der Waals surface area contributed by atoms with Gasteiger partial charge in [-0.2, -0.15) is 0 Å². The van der Waals surface area contributed by atoms with Crippen LogP contribution in [0.2, 0.25) is 18.1 Å². The molecular weight excluding hydrogens is 240 g/mol. The maximum Gasteiger partial charge on any atom is 0.192 e. The number of Topliss-reactive ketones (excluding diaryl/α,β-unsaturated/α-hetero) is 1.